The summed E-state index contributed by atoms with van der Waals surface area (Å²) in [5, 5.41) is 0.682. The van der Waals surface area contributed by atoms with E-state index in [1.807, 2.05) is 18.2 Å². The van der Waals surface area contributed by atoms with E-state index in [1.165, 1.54) is 7.11 Å². The van der Waals surface area contributed by atoms with Gasteiger partial charge in [0, 0.05) is 23.6 Å². The predicted molar refractivity (Wildman–Crippen MR) is 80.0 cm³/mol. The van der Waals surface area contributed by atoms with Crippen LogP contribution >= 0.6 is 0 Å². The van der Waals surface area contributed by atoms with Crippen molar-refractivity contribution < 1.29 is 18.5 Å². The molecule has 0 aliphatic rings. The number of hydrogen-bond donors (Lipinski definition) is 0. The molecule has 1 aromatic carbocycles. The molecule has 3 rings (SSSR count). The third-order valence-electron chi connectivity index (χ3n) is 3.35. The summed E-state index contributed by atoms with van der Waals surface area (Å²) in [5.74, 6) is 0.303. The topological polar surface area (TPSA) is 60.4 Å². The van der Waals surface area contributed by atoms with E-state index in [0.717, 1.165) is 0 Å². The van der Waals surface area contributed by atoms with E-state index < -0.39 is 5.63 Å². The van der Waals surface area contributed by atoms with E-state index in [0.29, 0.717) is 16.7 Å². The van der Waals surface area contributed by atoms with E-state index in [1.54, 1.807) is 41.2 Å². The van der Waals surface area contributed by atoms with Crippen LogP contribution in [0.15, 0.2) is 64.1 Å². The van der Waals surface area contributed by atoms with Crippen molar-refractivity contribution in [1.29, 1.82) is 0 Å². The third kappa shape index (κ3) is 2.74. The number of Topliss-reactive ketones (excluding diaryl/α,β-unsaturated/α-hetero) is 1. The van der Waals surface area contributed by atoms with E-state index >= 15 is 0 Å². The van der Waals surface area contributed by atoms with E-state index in [9.17, 15) is 9.59 Å². The van der Waals surface area contributed by atoms with Crippen molar-refractivity contribution in [1.82, 2.24) is 0 Å². The lowest BCUT2D eigenvalue weighted by Crippen LogP contribution is -2.38. The summed E-state index contributed by atoms with van der Waals surface area (Å²) in [4.78, 5) is 24.3. The Hall–Kier alpha value is -2.95. The number of rotatable bonds is 4. The fourth-order valence-electron chi connectivity index (χ4n) is 2.20. The highest BCUT2D eigenvalue weighted by atomic mass is 16.5. The van der Waals surface area contributed by atoms with Gasteiger partial charge in [0.05, 0.1) is 7.11 Å². The van der Waals surface area contributed by atoms with Gasteiger partial charge in [-0.05, 0) is 18.2 Å². The van der Waals surface area contributed by atoms with Gasteiger partial charge in [-0.2, -0.15) is 4.57 Å². The van der Waals surface area contributed by atoms with Crippen LogP contribution in [0.2, 0.25) is 0 Å². The molecular formula is C17H14NO4+. The summed E-state index contributed by atoms with van der Waals surface area (Å²) in [7, 11) is 1.54. The second kappa shape index (κ2) is 5.81. The average molecular weight is 296 g/mol. The third-order valence-corrected chi connectivity index (χ3v) is 3.35. The van der Waals surface area contributed by atoms with Gasteiger partial charge in [-0.15, -0.1) is 0 Å². The molecule has 0 bridgehead atoms. The Balaban J connectivity index is 1.98. The smallest absolute Gasteiger partial charge is 0.347 e. The standard InChI is InChI=1S/C17H14NO4/c1-21-13-6-5-12-9-14(17(20)22-16(12)10-13)15(19)11-18-7-3-2-4-8-18/h2-10H,11H2,1H3/q+1. The molecule has 0 saturated heterocycles. The molecule has 0 N–H and O–H groups in total. The molecule has 0 amide bonds. The molecule has 110 valence electrons. The molecule has 0 aliphatic heterocycles. The molecular weight excluding hydrogens is 282 g/mol. The number of fused-ring (bicyclic) bond motifs is 1. The lowest BCUT2D eigenvalue weighted by atomic mass is 10.1. The maximum atomic E-state index is 12.3. The second-order valence-corrected chi connectivity index (χ2v) is 4.82. The quantitative estimate of drug-likeness (QED) is 0.419. The number of ether oxygens (including phenoxy) is 1. The number of carbonyl (C=O) groups excluding carboxylic acids is 1. The first-order valence-electron chi connectivity index (χ1n) is 6.76. The number of ketones is 1. The maximum Gasteiger partial charge on any atom is 0.347 e. The molecule has 0 unspecified atom stereocenters. The Kier molecular flexibility index (Phi) is 3.70. The highest BCUT2D eigenvalue weighted by molar-refractivity contribution is 5.97. The van der Waals surface area contributed by atoms with Crippen molar-refractivity contribution in [2.45, 2.75) is 6.54 Å². The van der Waals surface area contributed by atoms with Crippen LogP contribution in [0, 0.1) is 0 Å². The molecule has 0 spiro atoms. The number of carbonyl (C=O) groups is 1. The summed E-state index contributed by atoms with van der Waals surface area (Å²) in [6.07, 6.45) is 3.54. The number of nitrogens with zero attached hydrogens (tertiary/aromatic N) is 1. The first kappa shape index (κ1) is 14.0. The molecule has 0 aliphatic carbocycles. The Morgan fingerprint density at radius 3 is 2.68 bits per heavy atom. The van der Waals surface area contributed by atoms with Crippen molar-refractivity contribution in [2.75, 3.05) is 7.11 Å². The van der Waals surface area contributed by atoms with Gasteiger partial charge < -0.3 is 9.15 Å². The fraction of sp³-hybridized carbons (Fsp3) is 0.118. The Morgan fingerprint density at radius 1 is 1.18 bits per heavy atom. The van der Waals surface area contributed by atoms with Crippen molar-refractivity contribution in [3.05, 3.63) is 70.8 Å². The summed E-state index contributed by atoms with van der Waals surface area (Å²) >= 11 is 0. The van der Waals surface area contributed by atoms with Gasteiger partial charge in [0.15, 0.2) is 12.4 Å². The van der Waals surface area contributed by atoms with Crippen LogP contribution in [0.1, 0.15) is 10.4 Å². The average Bonchev–Trinajstić information content (AvgIpc) is 2.54. The Labute approximate surface area is 126 Å². The Bertz CT molecular complexity index is 884. The molecule has 5 heteroatoms. The normalized spacial score (nSPS) is 10.6. The number of benzene rings is 1. The van der Waals surface area contributed by atoms with Crippen molar-refractivity contribution in [3.63, 3.8) is 0 Å². The minimum Gasteiger partial charge on any atom is -0.497 e. The highest BCUT2D eigenvalue weighted by Gasteiger charge is 2.17. The van der Waals surface area contributed by atoms with Crippen LogP contribution in [0.5, 0.6) is 5.75 Å². The highest BCUT2D eigenvalue weighted by Crippen LogP contribution is 2.20. The molecule has 0 fully saturated rings. The van der Waals surface area contributed by atoms with Crippen LogP contribution in [-0.2, 0) is 6.54 Å². The molecule has 0 radical (unpaired) electrons. The molecule has 2 heterocycles. The Morgan fingerprint density at radius 2 is 1.95 bits per heavy atom. The zero-order chi connectivity index (χ0) is 15.5. The fourth-order valence-corrected chi connectivity index (χ4v) is 2.20. The number of methoxy groups -OCH3 is 1. The molecule has 0 atom stereocenters. The summed E-state index contributed by atoms with van der Waals surface area (Å²) < 4.78 is 12.0. The van der Waals surface area contributed by atoms with Crippen LogP contribution in [0.4, 0.5) is 0 Å². The minimum absolute atomic E-state index is 0.0500. The molecule has 5 nitrogen and oxygen atoms in total. The second-order valence-electron chi connectivity index (χ2n) is 4.82. The van der Waals surface area contributed by atoms with Crippen LogP contribution in [0.25, 0.3) is 11.0 Å². The maximum absolute atomic E-state index is 12.3. The van der Waals surface area contributed by atoms with Crippen molar-refractivity contribution in [2.24, 2.45) is 0 Å². The van der Waals surface area contributed by atoms with E-state index in [2.05, 4.69) is 0 Å². The van der Waals surface area contributed by atoms with Crippen molar-refractivity contribution in [3.8, 4) is 5.75 Å². The largest absolute Gasteiger partial charge is 0.497 e. The summed E-state index contributed by atoms with van der Waals surface area (Å²) in [5.41, 5.74) is -0.190. The van der Waals surface area contributed by atoms with Crippen LogP contribution in [0.3, 0.4) is 0 Å². The zero-order valence-corrected chi connectivity index (χ0v) is 12.0. The van der Waals surface area contributed by atoms with Gasteiger partial charge in [0.2, 0.25) is 12.3 Å². The first-order chi connectivity index (χ1) is 10.7. The monoisotopic (exact) mass is 296 g/mol. The van der Waals surface area contributed by atoms with Gasteiger partial charge in [-0.25, -0.2) is 4.79 Å². The first-order valence-corrected chi connectivity index (χ1v) is 6.76. The lowest BCUT2D eigenvalue weighted by Gasteiger charge is -2.03. The van der Waals surface area contributed by atoms with Gasteiger partial charge in [0.1, 0.15) is 16.9 Å². The number of aromatic nitrogens is 1. The minimum atomic E-state index is -0.637. The molecule has 22 heavy (non-hydrogen) atoms. The van der Waals surface area contributed by atoms with E-state index in [-0.39, 0.29) is 17.9 Å². The van der Waals surface area contributed by atoms with Gasteiger partial charge >= 0.3 is 5.63 Å². The molecule has 2 aromatic heterocycles. The predicted octanol–water partition coefficient (Wildman–Crippen LogP) is 1.97. The summed E-state index contributed by atoms with van der Waals surface area (Å²) in [6.45, 7) is 0.0905. The lowest BCUT2D eigenvalue weighted by molar-refractivity contribution is -0.683. The van der Waals surface area contributed by atoms with Gasteiger partial charge in [0.25, 0.3) is 0 Å². The number of pyridine rings is 1. The molecule has 3 aromatic rings. The van der Waals surface area contributed by atoms with Gasteiger partial charge in [-0.1, -0.05) is 6.07 Å². The van der Waals surface area contributed by atoms with Gasteiger partial charge in [-0.3, -0.25) is 4.79 Å². The van der Waals surface area contributed by atoms with Crippen molar-refractivity contribution >= 4 is 16.8 Å². The zero-order valence-electron chi connectivity index (χ0n) is 12.0. The summed E-state index contributed by atoms with van der Waals surface area (Å²) in [6, 6.07) is 12.2. The van der Waals surface area contributed by atoms with E-state index in [4.69, 9.17) is 9.15 Å². The van der Waals surface area contributed by atoms with Crippen LogP contribution < -0.4 is 14.9 Å². The van der Waals surface area contributed by atoms with Crippen LogP contribution in [-0.4, -0.2) is 12.9 Å². The number of hydrogen-bond acceptors (Lipinski definition) is 4. The molecule has 0 saturated carbocycles. The SMILES string of the molecule is COc1ccc2cc(C(=O)C[n+]3ccccc3)c(=O)oc2c1.